The third kappa shape index (κ3) is 2.54. The van der Waals surface area contributed by atoms with Crippen molar-refractivity contribution < 1.29 is 4.70 Å². The summed E-state index contributed by atoms with van der Waals surface area (Å²) in [4.78, 5) is 4.20. The topological polar surface area (TPSA) is 41.5 Å². The van der Waals surface area contributed by atoms with E-state index in [2.05, 4.69) is 17.2 Å². The zero-order chi connectivity index (χ0) is 8.16. The summed E-state index contributed by atoms with van der Waals surface area (Å²) in [6.07, 6.45) is 3.42. The Kier molecular flexibility index (Phi) is 2.94. The van der Waals surface area contributed by atoms with Gasteiger partial charge in [-0.3, -0.25) is 0 Å². The van der Waals surface area contributed by atoms with E-state index >= 15 is 0 Å². The van der Waals surface area contributed by atoms with E-state index in [4.69, 9.17) is 0 Å². The van der Waals surface area contributed by atoms with Gasteiger partial charge < -0.3 is 0 Å². The fourth-order valence-corrected chi connectivity index (χ4v) is 1.30. The van der Waals surface area contributed by atoms with Crippen molar-refractivity contribution in [1.82, 2.24) is 5.32 Å². The molecule has 11 heavy (non-hydrogen) atoms. The number of piperidine rings is 1. The summed E-state index contributed by atoms with van der Waals surface area (Å²) in [5, 5.41) is 3.25. The van der Waals surface area contributed by atoms with Crippen molar-refractivity contribution in [3.05, 3.63) is 0 Å². The minimum atomic E-state index is 0.00611. The standard InChI is InChI=1S/C7H13BN2O/c1-7(10-6-8-11)2-4-9-5-3-7/h6,9H,2-5H2,1H3/b10-6+. The molecule has 1 heterocycles. The molecule has 0 aromatic heterocycles. The van der Waals surface area contributed by atoms with Gasteiger partial charge >= 0.3 is 66.7 Å². The van der Waals surface area contributed by atoms with E-state index in [9.17, 15) is 4.70 Å². The van der Waals surface area contributed by atoms with Crippen molar-refractivity contribution in [1.29, 1.82) is 0 Å². The zero-order valence-electron chi connectivity index (χ0n) is 6.84. The van der Waals surface area contributed by atoms with Crippen LogP contribution in [0.5, 0.6) is 0 Å². The van der Waals surface area contributed by atoms with Crippen LogP contribution >= 0.6 is 0 Å². The van der Waals surface area contributed by atoms with Gasteiger partial charge in [-0.25, -0.2) is 0 Å². The molecule has 0 aromatic rings. The van der Waals surface area contributed by atoms with Gasteiger partial charge in [0, 0.05) is 0 Å². The number of nitrogens with one attached hydrogen (secondary N) is 1. The molecule has 3 nitrogen and oxygen atoms in total. The SMILES string of the molecule is CC1(/N=C/B=O)CCNCC1. The molecule has 0 spiro atoms. The Morgan fingerprint density at radius 3 is 2.73 bits per heavy atom. The van der Waals surface area contributed by atoms with Crippen molar-refractivity contribution in [3.8, 4) is 0 Å². The van der Waals surface area contributed by atoms with E-state index < -0.39 is 0 Å². The van der Waals surface area contributed by atoms with Crippen molar-refractivity contribution in [2.75, 3.05) is 13.1 Å². The predicted octanol–water partition coefficient (Wildman–Crippen LogP) is 0.206. The predicted molar refractivity (Wildman–Crippen MR) is 45.4 cm³/mol. The number of hydrogen-bond donors (Lipinski definition) is 1. The van der Waals surface area contributed by atoms with Gasteiger partial charge in [0.05, 0.1) is 0 Å². The van der Waals surface area contributed by atoms with Gasteiger partial charge in [-0.1, -0.05) is 0 Å². The van der Waals surface area contributed by atoms with Crippen molar-refractivity contribution in [2.24, 2.45) is 4.99 Å². The summed E-state index contributed by atoms with van der Waals surface area (Å²) in [7, 11) is 0.743. The molecule has 0 unspecified atom stereocenters. The molecule has 0 radical (unpaired) electrons. The number of nitrogens with zero attached hydrogens (tertiary/aromatic N) is 1. The van der Waals surface area contributed by atoms with Crippen LogP contribution in [0, 0.1) is 0 Å². The summed E-state index contributed by atoms with van der Waals surface area (Å²) >= 11 is 0. The average Bonchev–Trinajstić information content (AvgIpc) is 2.03. The molecule has 1 saturated heterocycles. The fraction of sp³-hybridized carbons (Fsp3) is 0.857. The first kappa shape index (κ1) is 8.59. The first-order valence-electron chi connectivity index (χ1n) is 3.97. The average molecular weight is 152 g/mol. The molecule has 0 atom stereocenters. The number of rotatable bonds is 2. The van der Waals surface area contributed by atoms with Crippen LogP contribution in [-0.4, -0.2) is 31.9 Å². The summed E-state index contributed by atoms with van der Waals surface area (Å²) in [6.45, 7) is 4.10. The third-order valence-corrected chi connectivity index (χ3v) is 2.13. The van der Waals surface area contributed by atoms with E-state index in [0.29, 0.717) is 0 Å². The third-order valence-electron chi connectivity index (χ3n) is 2.13. The maximum atomic E-state index is 10.0. The van der Waals surface area contributed by atoms with Crippen LogP contribution in [-0.2, 0) is 4.70 Å². The van der Waals surface area contributed by atoms with Crippen molar-refractivity contribution >= 4 is 13.3 Å². The molecule has 1 N–H and O–H groups in total. The summed E-state index contributed by atoms with van der Waals surface area (Å²) in [5.74, 6) is 0. The number of hydrogen-bond acceptors (Lipinski definition) is 3. The van der Waals surface area contributed by atoms with Crippen molar-refractivity contribution in [3.63, 3.8) is 0 Å². The zero-order valence-corrected chi connectivity index (χ0v) is 6.84. The molecular formula is C7H13BN2O. The molecule has 1 aliphatic rings. The van der Waals surface area contributed by atoms with E-state index in [1.807, 2.05) is 0 Å². The van der Waals surface area contributed by atoms with Gasteiger partial charge in [0.1, 0.15) is 0 Å². The van der Waals surface area contributed by atoms with Gasteiger partial charge in [-0.2, -0.15) is 0 Å². The van der Waals surface area contributed by atoms with Crippen molar-refractivity contribution in [2.45, 2.75) is 25.3 Å². The molecule has 0 saturated carbocycles. The summed E-state index contributed by atoms with van der Waals surface area (Å²) in [5.41, 5.74) is 0.00611. The van der Waals surface area contributed by atoms with Crippen LogP contribution in [0.15, 0.2) is 4.99 Å². The Hall–Kier alpha value is -0.505. The Balaban J connectivity index is 2.49. The molecule has 60 valence electrons. The maximum absolute atomic E-state index is 10.0. The van der Waals surface area contributed by atoms with E-state index in [1.54, 1.807) is 0 Å². The first-order valence-corrected chi connectivity index (χ1v) is 3.97. The molecule has 0 aliphatic carbocycles. The monoisotopic (exact) mass is 152 g/mol. The molecular weight excluding hydrogens is 139 g/mol. The second kappa shape index (κ2) is 3.76. The van der Waals surface area contributed by atoms with Crippen LogP contribution in [0.3, 0.4) is 0 Å². The first-order chi connectivity index (χ1) is 5.27. The molecule has 0 aromatic carbocycles. The Morgan fingerprint density at radius 1 is 1.55 bits per heavy atom. The Morgan fingerprint density at radius 2 is 2.18 bits per heavy atom. The van der Waals surface area contributed by atoms with Crippen LogP contribution in [0.1, 0.15) is 19.8 Å². The molecule has 0 bridgehead atoms. The van der Waals surface area contributed by atoms with E-state index in [-0.39, 0.29) is 5.54 Å². The van der Waals surface area contributed by atoms with Gasteiger partial charge in [0.25, 0.3) is 0 Å². The fourth-order valence-electron chi connectivity index (χ4n) is 1.30. The van der Waals surface area contributed by atoms with Crippen LogP contribution in [0.2, 0.25) is 0 Å². The molecule has 1 rings (SSSR count). The van der Waals surface area contributed by atoms with Crippen LogP contribution in [0.4, 0.5) is 0 Å². The van der Waals surface area contributed by atoms with E-state index in [1.165, 1.54) is 6.11 Å². The minimum absolute atomic E-state index is 0.00611. The molecule has 4 heteroatoms. The Labute approximate surface area is 67.5 Å². The van der Waals surface area contributed by atoms with Gasteiger partial charge in [0.2, 0.25) is 0 Å². The van der Waals surface area contributed by atoms with Gasteiger partial charge in [-0.05, 0) is 0 Å². The normalized spacial score (nSPS) is 23.4. The second-order valence-electron chi connectivity index (χ2n) is 3.16. The van der Waals surface area contributed by atoms with Crippen LogP contribution in [0.25, 0.3) is 0 Å². The van der Waals surface area contributed by atoms with Gasteiger partial charge in [0.15, 0.2) is 0 Å². The number of aliphatic imine (C=N–C) groups is 1. The molecule has 1 fully saturated rings. The summed E-state index contributed by atoms with van der Waals surface area (Å²) < 4.78 is 10.0. The molecule has 1 aliphatic heterocycles. The van der Waals surface area contributed by atoms with Crippen LogP contribution < -0.4 is 5.32 Å². The molecule has 0 amide bonds. The van der Waals surface area contributed by atoms with Gasteiger partial charge in [-0.15, -0.1) is 0 Å². The quantitative estimate of drug-likeness (QED) is 0.453. The Bertz CT molecular complexity index is 164. The second-order valence-corrected chi connectivity index (χ2v) is 3.16. The van der Waals surface area contributed by atoms with E-state index in [0.717, 1.165) is 33.1 Å². The summed E-state index contributed by atoms with van der Waals surface area (Å²) in [6, 6.07) is 0.